The van der Waals surface area contributed by atoms with Gasteiger partial charge in [0, 0.05) is 20.1 Å². The number of nitrogens with zero attached hydrogens (tertiary/aromatic N) is 1. The third-order valence-corrected chi connectivity index (χ3v) is 3.72. The van der Waals surface area contributed by atoms with E-state index >= 15 is 0 Å². The summed E-state index contributed by atoms with van der Waals surface area (Å²) >= 11 is 0. The van der Waals surface area contributed by atoms with Crippen molar-refractivity contribution in [3.05, 3.63) is 35.4 Å². The Bertz CT molecular complexity index is 514. The molecule has 0 radical (unpaired) electrons. The van der Waals surface area contributed by atoms with Crippen molar-refractivity contribution in [2.75, 3.05) is 7.11 Å². The summed E-state index contributed by atoms with van der Waals surface area (Å²) in [6.45, 7) is 2.15. The van der Waals surface area contributed by atoms with Gasteiger partial charge in [-0.25, -0.2) is 4.79 Å². The Labute approximate surface area is 118 Å². The van der Waals surface area contributed by atoms with Gasteiger partial charge >= 0.3 is 5.97 Å². The van der Waals surface area contributed by atoms with Crippen LogP contribution < -0.4 is 0 Å². The summed E-state index contributed by atoms with van der Waals surface area (Å²) < 4.78 is 5.08. The van der Waals surface area contributed by atoms with E-state index in [1.54, 1.807) is 6.92 Å². The van der Waals surface area contributed by atoms with E-state index in [9.17, 15) is 14.7 Å². The van der Waals surface area contributed by atoms with Crippen molar-refractivity contribution in [3.8, 4) is 0 Å². The first-order valence-corrected chi connectivity index (χ1v) is 6.64. The first-order valence-electron chi connectivity index (χ1n) is 6.64. The number of carbonyl (C=O) groups excluding carboxylic acids is 1. The van der Waals surface area contributed by atoms with Crippen molar-refractivity contribution in [2.45, 2.75) is 38.5 Å². The van der Waals surface area contributed by atoms with Crippen molar-refractivity contribution >= 4 is 11.9 Å². The van der Waals surface area contributed by atoms with Crippen LogP contribution in [0.4, 0.5) is 0 Å². The lowest BCUT2D eigenvalue weighted by atomic mass is 9.93. The summed E-state index contributed by atoms with van der Waals surface area (Å²) in [5.74, 6) is -1.14. The molecule has 108 valence electrons. The van der Waals surface area contributed by atoms with E-state index in [-0.39, 0.29) is 18.4 Å². The number of benzene rings is 1. The number of hydrogen-bond donors (Lipinski definition) is 1. The van der Waals surface area contributed by atoms with Crippen molar-refractivity contribution in [2.24, 2.45) is 0 Å². The van der Waals surface area contributed by atoms with Gasteiger partial charge in [-0.3, -0.25) is 4.79 Å². The maximum Gasteiger partial charge on any atom is 0.326 e. The van der Waals surface area contributed by atoms with Gasteiger partial charge in [-0.15, -0.1) is 0 Å². The van der Waals surface area contributed by atoms with Crippen LogP contribution in [0.25, 0.3) is 0 Å². The minimum Gasteiger partial charge on any atom is -0.480 e. The third-order valence-electron chi connectivity index (χ3n) is 3.72. The molecule has 20 heavy (non-hydrogen) atoms. The van der Waals surface area contributed by atoms with Gasteiger partial charge in [0.15, 0.2) is 0 Å². The molecule has 2 atom stereocenters. The summed E-state index contributed by atoms with van der Waals surface area (Å²) in [5, 5.41) is 9.35. The van der Waals surface area contributed by atoms with E-state index < -0.39 is 12.0 Å². The van der Waals surface area contributed by atoms with E-state index in [4.69, 9.17) is 4.74 Å². The Morgan fingerprint density at radius 1 is 1.40 bits per heavy atom. The molecule has 0 bridgehead atoms. The standard InChI is InChI=1S/C15H19NO4/c1-10(20-2)7-14(17)16-9-12-6-4-3-5-11(12)8-13(16)15(18)19/h3-6,10,13H,7-9H2,1-2H3,(H,18,19)/t10-,13+/m1/s1. The molecule has 0 saturated heterocycles. The topological polar surface area (TPSA) is 66.8 Å². The number of methoxy groups -OCH3 is 1. The number of carboxylic acids is 1. The molecule has 1 aromatic rings. The number of rotatable bonds is 4. The van der Waals surface area contributed by atoms with Gasteiger partial charge in [0.05, 0.1) is 12.5 Å². The normalized spacial score (nSPS) is 19.3. The molecule has 5 nitrogen and oxygen atoms in total. The predicted octanol–water partition coefficient (Wildman–Crippen LogP) is 1.45. The predicted molar refractivity (Wildman–Crippen MR) is 73.2 cm³/mol. The fraction of sp³-hybridized carbons (Fsp3) is 0.467. The van der Waals surface area contributed by atoms with Crippen molar-refractivity contribution in [1.82, 2.24) is 4.90 Å². The lowest BCUT2D eigenvalue weighted by Crippen LogP contribution is -2.49. The second-order valence-electron chi connectivity index (χ2n) is 5.10. The molecule has 0 saturated carbocycles. The molecule has 1 aliphatic heterocycles. The molecular formula is C15H19NO4. The quantitative estimate of drug-likeness (QED) is 0.904. The first-order chi connectivity index (χ1) is 9.52. The Hall–Kier alpha value is -1.88. The highest BCUT2D eigenvalue weighted by Crippen LogP contribution is 2.24. The van der Waals surface area contributed by atoms with Crippen LogP contribution in [0.3, 0.4) is 0 Å². The van der Waals surface area contributed by atoms with E-state index in [0.29, 0.717) is 13.0 Å². The summed E-state index contributed by atoms with van der Waals surface area (Å²) in [4.78, 5) is 25.1. The molecule has 0 aromatic heterocycles. The second-order valence-corrected chi connectivity index (χ2v) is 5.10. The molecule has 0 spiro atoms. The average molecular weight is 277 g/mol. The fourth-order valence-electron chi connectivity index (χ4n) is 2.45. The average Bonchev–Trinajstić information content (AvgIpc) is 2.45. The van der Waals surface area contributed by atoms with Crippen LogP contribution >= 0.6 is 0 Å². The number of aliphatic carboxylic acids is 1. The van der Waals surface area contributed by atoms with E-state index in [2.05, 4.69) is 0 Å². The van der Waals surface area contributed by atoms with Gasteiger partial charge in [-0.2, -0.15) is 0 Å². The smallest absolute Gasteiger partial charge is 0.326 e. The van der Waals surface area contributed by atoms with Crippen LogP contribution in [0.1, 0.15) is 24.5 Å². The van der Waals surface area contributed by atoms with Crippen LogP contribution in [0.15, 0.2) is 24.3 Å². The van der Waals surface area contributed by atoms with Gasteiger partial charge in [-0.05, 0) is 18.1 Å². The molecule has 0 fully saturated rings. The second kappa shape index (κ2) is 6.05. The Morgan fingerprint density at radius 3 is 2.65 bits per heavy atom. The number of ether oxygens (including phenoxy) is 1. The molecule has 0 aliphatic carbocycles. The molecule has 1 heterocycles. The maximum atomic E-state index is 12.3. The molecule has 1 aromatic carbocycles. The third kappa shape index (κ3) is 2.99. The van der Waals surface area contributed by atoms with Crippen LogP contribution in [0, 0.1) is 0 Å². The molecule has 0 unspecified atom stereocenters. The fourth-order valence-corrected chi connectivity index (χ4v) is 2.45. The number of hydrogen-bond acceptors (Lipinski definition) is 3. The summed E-state index contributed by atoms with van der Waals surface area (Å²) in [6, 6.07) is 6.86. The number of carbonyl (C=O) groups is 2. The largest absolute Gasteiger partial charge is 0.480 e. The number of fused-ring (bicyclic) bond motifs is 1. The molecular weight excluding hydrogens is 258 g/mol. The first kappa shape index (κ1) is 14.5. The van der Waals surface area contributed by atoms with E-state index in [1.165, 1.54) is 12.0 Å². The molecule has 5 heteroatoms. The van der Waals surface area contributed by atoms with Gasteiger partial charge in [0.2, 0.25) is 5.91 Å². The highest BCUT2D eigenvalue weighted by molar-refractivity contribution is 5.84. The van der Waals surface area contributed by atoms with Crippen LogP contribution in [-0.2, 0) is 27.3 Å². The minimum atomic E-state index is -0.960. The number of amides is 1. The van der Waals surface area contributed by atoms with Crippen LogP contribution in [-0.4, -0.2) is 41.1 Å². The summed E-state index contributed by atoms with van der Waals surface area (Å²) in [5.41, 5.74) is 2.02. The summed E-state index contributed by atoms with van der Waals surface area (Å²) in [6.07, 6.45) is 0.343. The van der Waals surface area contributed by atoms with Gasteiger partial charge in [0.25, 0.3) is 0 Å². The zero-order valence-corrected chi connectivity index (χ0v) is 11.7. The molecule has 1 amide bonds. The van der Waals surface area contributed by atoms with E-state index in [1.807, 2.05) is 24.3 Å². The van der Waals surface area contributed by atoms with Crippen molar-refractivity contribution in [1.29, 1.82) is 0 Å². The SMILES string of the molecule is CO[C@H](C)CC(=O)N1Cc2ccccc2C[C@H]1C(=O)O. The lowest BCUT2D eigenvalue weighted by Gasteiger charge is -2.35. The molecule has 2 rings (SSSR count). The summed E-state index contributed by atoms with van der Waals surface area (Å²) in [7, 11) is 1.54. The van der Waals surface area contributed by atoms with Gasteiger partial charge in [0.1, 0.15) is 6.04 Å². The molecule has 1 N–H and O–H groups in total. The van der Waals surface area contributed by atoms with Gasteiger partial charge in [-0.1, -0.05) is 24.3 Å². The maximum absolute atomic E-state index is 12.3. The highest BCUT2D eigenvalue weighted by Gasteiger charge is 2.34. The minimum absolute atomic E-state index is 0.179. The van der Waals surface area contributed by atoms with E-state index in [0.717, 1.165) is 11.1 Å². The Kier molecular flexibility index (Phi) is 4.39. The van der Waals surface area contributed by atoms with Crippen LogP contribution in [0.5, 0.6) is 0 Å². The Balaban J connectivity index is 2.22. The van der Waals surface area contributed by atoms with Crippen molar-refractivity contribution < 1.29 is 19.4 Å². The monoisotopic (exact) mass is 277 g/mol. The zero-order chi connectivity index (χ0) is 14.7. The zero-order valence-electron chi connectivity index (χ0n) is 11.7. The van der Waals surface area contributed by atoms with Crippen LogP contribution in [0.2, 0.25) is 0 Å². The lowest BCUT2D eigenvalue weighted by molar-refractivity contribution is -0.152. The highest BCUT2D eigenvalue weighted by atomic mass is 16.5. The molecule has 1 aliphatic rings. The van der Waals surface area contributed by atoms with Gasteiger partial charge < -0.3 is 14.7 Å². The number of carboxylic acid groups (broad SMARTS) is 1. The Morgan fingerprint density at radius 2 is 2.05 bits per heavy atom. The van der Waals surface area contributed by atoms with Crippen molar-refractivity contribution in [3.63, 3.8) is 0 Å².